The van der Waals surface area contributed by atoms with E-state index in [1.54, 1.807) is 6.92 Å². The van der Waals surface area contributed by atoms with Crippen LogP contribution in [0.3, 0.4) is 0 Å². The first kappa shape index (κ1) is 18.9. The third-order valence-corrected chi connectivity index (χ3v) is 5.05. The van der Waals surface area contributed by atoms with Gasteiger partial charge in [-0.05, 0) is 49.4 Å². The Morgan fingerprint density at radius 2 is 1.90 bits per heavy atom. The highest BCUT2D eigenvalue weighted by atomic mass is 16.5. The van der Waals surface area contributed by atoms with Crippen molar-refractivity contribution in [1.82, 2.24) is 10.3 Å². The van der Waals surface area contributed by atoms with Crippen molar-refractivity contribution in [3.63, 3.8) is 0 Å². The number of amides is 1. The van der Waals surface area contributed by atoms with Gasteiger partial charge in [-0.3, -0.25) is 4.79 Å². The number of aryl methyl sites for hydroxylation is 2. The molecule has 0 radical (unpaired) electrons. The molecule has 0 bridgehead atoms. The Morgan fingerprint density at radius 1 is 1.14 bits per heavy atom. The van der Waals surface area contributed by atoms with Crippen LogP contribution in [0.2, 0.25) is 0 Å². The molecule has 0 unspecified atom stereocenters. The highest BCUT2D eigenvalue weighted by Gasteiger charge is 2.23. The lowest BCUT2D eigenvalue weighted by atomic mass is 9.88. The Morgan fingerprint density at radius 3 is 2.72 bits per heavy atom. The Hall–Kier alpha value is -3.41. The normalized spacial score (nSPS) is 15.4. The summed E-state index contributed by atoms with van der Waals surface area (Å²) in [6.07, 6.45) is 2.91. The SMILES string of the molecule is Cc1oc(-c2ccccc2)nc1C(=O)OCC(=O)N[C@H]1CCCc2ccccc21. The first-order valence-electron chi connectivity index (χ1n) is 9.69. The number of ether oxygens (including phenoxy) is 1. The van der Waals surface area contributed by atoms with E-state index >= 15 is 0 Å². The van der Waals surface area contributed by atoms with E-state index in [0.717, 1.165) is 30.4 Å². The van der Waals surface area contributed by atoms with Crippen LogP contribution in [0.4, 0.5) is 0 Å². The number of oxazole rings is 1. The number of hydrogen-bond acceptors (Lipinski definition) is 5. The number of fused-ring (bicyclic) bond motifs is 1. The largest absolute Gasteiger partial charge is 0.451 e. The number of rotatable bonds is 5. The summed E-state index contributed by atoms with van der Waals surface area (Å²) in [6.45, 7) is 1.29. The summed E-state index contributed by atoms with van der Waals surface area (Å²) in [6, 6.07) is 17.4. The molecule has 3 aromatic rings. The Bertz CT molecular complexity index is 1030. The molecule has 1 atom stereocenters. The molecule has 6 heteroatoms. The lowest BCUT2D eigenvalue weighted by molar-refractivity contribution is -0.125. The Balaban J connectivity index is 1.37. The molecule has 6 nitrogen and oxygen atoms in total. The van der Waals surface area contributed by atoms with Crippen molar-refractivity contribution in [1.29, 1.82) is 0 Å². The number of aromatic nitrogens is 1. The van der Waals surface area contributed by atoms with E-state index in [9.17, 15) is 9.59 Å². The lowest BCUT2D eigenvalue weighted by Crippen LogP contribution is -2.34. The lowest BCUT2D eigenvalue weighted by Gasteiger charge is -2.26. The van der Waals surface area contributed by atoms with E-state index in [0.29, 0.717) is 11.7 Å². The molecule has 0 saturated carbocycles. The minimum Gasteiger partial charge on any atom is -0.451 e. The number of esters is 1. The van der Waals surface area contributed by atoms with Gasteiger partial charge in [0.1, 0.15) is 5.76 Å². The zero-order chi connectivity index (χ0) is 20.2. The molecule has 1 aliphatic rings. The number of carbonyl (C=O) groups excluding carboxylic acids is 2. The van der Waals surface area contributed by atoms with Gasteiger partial charge in [0.25, 0.3) is 5.91 Å². The van der Waals surface area contributed by atoms with Gasteiger partial charge in [0.2, 0.25) is 5.89 Å². The minimum atomic E-state index is -0.673. The predicted octanol–water partition coefficient (Wildman–Crippen LogP) is 4.00. The Labute approximate surface area is 168 Å². The van der Waals surface area contributed by atoms with Crippen molar-refractivity contribution in [3.05, 3.63) is 77.2 Å². The van der Waals surface area contributed by atoms with Crippen molar-refractivity contribution in [3.8, 4) is 11.5 Å². The van der Waals surface area contributed by atoms with E-state index in [4.69, 9.17) is 9.15 Å². The van der Waals surface area contributed by atoms with Crippen molar-refractivity contribution >= 4 is 11.9 Å². The van der Waals surface area contributed by atoms with Gasteiger partial charge in [0, 0.05) is 5.56 Å². The van der Waals surface area contributed by atoms with Crippen LogP contribution >= 0.6 is 0 Å². The fraction of sp³-hybridized carbons (Fsp3) is 0.261. The highest BCUT2D eigenvalue weighted by Crippen LogP contribution is 2.29. The summed E-state index contributed by atoms with van der Waals surface area (Å²) in [5.74, 6) is -0.300. The van der Waals surface area contributed by atoms with Gasteiger partial charge < -0.3 is 14.5 Å². The van der Waals surface area contributed by atoms with Gasteiger partial charge in [-0.2, -0.15) is 0 Å². The maximum atomic E-state index is 12.4. The molecule has 148 valence electrons. The third-order valence-electron chi connectivity index (χ3n) is 5.05. The quantitative estimate of drug-likeness (QED) is 0.666. The smallest absolute Gasteiger partial charge is 0.361 e. The molecule has 1 N–H and O–H groups in total. The van der Waals surface area contributed by atoms with Crippen LogP contribution in [0.15, 0.2) is 59.0 Å². The second-order valence-corrected chi connectivity index (χ2v) is 7.08. The molecular weight excluding hydrogens is 368 g/mol. The average molecular weight is 390 g/mol. The van der Waals surface area contributed by atoms with Crippen molar-refractivity contribution < 1.29 is 18.7 Å². The highest BCUT2D eigenvalue weighted by molar-refractivity contribution is 5.91. The molecule has 29 heavy (non-hydrogen) atoms. The standard InChI is InChI=1S/C23H22N2O4/c1-15-21(25-22(29-15)17-9-3-2-4-10-17)23(27)28-14-20(26)24-19-13-7-11-16-8-5-6-12-18(16)19/h2-6,8-10,12,19H,7,11,13-14H2,1H3,(H,24,26)/t19-/m0/s1. The van der Waals surface area contributed by atoms with Gasteiger partial charge in [-0.15, -0.1) is 0 Å². The molecule has 0 saturated heterocycles. The average Bonchev–Trinajstić information content (AvgIpc) is 3.15. The molecule has 0 fully saturated rings. The fourth-order valence-electron chi connectivity index (χ4n) is 3.63. The van der Waals surface area contributed by atoms with Gasteiger partial charge in [-0.1, -0.05) is 42.5 Å². The van der Waals surface area contributed by atoms with Gasteiger partial charge >= 0.3 is 5.97 Å². The van der Waals surface area contributed by atoms with Crippen molar-refractivity contribution in [2.24, 2.45) is 0 Å². The molecule has 1 aromatic heterocycles. The van der Waals surface area contributed by atoms with E-state index in [-0.39, 0.29) is 24.2 Å². The van der Waals surface area contributed by atoms with Crippen LogP contribution in [-0.2, 0) is 16.0 Å². The third kappa shape index (κ3) is 4.21. The zero-order valence-corrected chi connectivity index (χ0v) is 16.2. The second-order valence-electron chi connectivity index (χ2n) is 7.08. The van der Waals surface area contributed by atoms with Gasteiger partial charge in [-0.25, -0.2) is 9.78 Å². The fourth-order valence-corrected chi connectivity index (χ4v) is 3.63. The number of carbonyl (C=O) groups is 2. The van der Waals surface area contributed by atoms with Crippen molar-refractivity contribution in [2.75, 3.05) is 6.61 Å². The molecule has 1 heterocycles. The van der Waals surface area contributed by atoms with E-state index < -0.39 is 5.97 Å². The summed E-state index contributed by atoms with van der Waals surface area (Å²) >= 11 is 0. The first-order chi connectivity index (χ1) is 14.1. The summed E-state index contributed by atoms with van der Waals surface area (Å²) < 4.78 is 10.8. The molecule has 1 aliphatic carbocycles. The molecular formula is C23H22N2O4. The predicted molar refractivity (Wildman–Crippen MR) is 107 cm³/mol. The van der Waals surface area contributed by atoms with Gasteiger partial charge in [0.05, 0.1) is 6.04 Å². The van der Waals surface area contributed by atoms with Crippen LogP contribution in [0.25, 0.3) is 11.5 Å². The van der Waals surface area contributed by atoms with E-state index in [1.807, 2.05) is 48.5 Å². The summed E-state index contributed by atoms with van der Waals surface area (Å²) in [5, 5.41) is 2.97. The maximum absolute atomic E-state index is 12.4. The van der Waals surface area contributed by atoms with E-state index in [1.165, 1.54) is 5.56 Å². The summed E-state index contributed by atoms with van der Waals surface area (Å²) in [7, 11) is 0. The first-order valence-corrected chi connectivity index (χ1v) is 9.69. The van der Waals surface area contributed by atoms with E-state index in [2.05, 4.69) is 16.4 Å². The van der Waals surface area contributed by atoms with Crippen LogP contribution in [-0.4, -0.2) is 23.5 Å². The van der Waals surface area contributed by atoms with Crippen LogP contribution in [0.1, 0.15) is 46.3 Å². The number of hydrogen-bond donors (Lipinski definition) is 1. The minimum absolute atomic E-state index is 0.0513. The summed E-state index contributed by atoms with van der Waals surface area (Å²) in [5.41, 5.74) is 3.24. The number of nitrogens with zero attached hydrogens (tertiary/aromatic N) is 1. The monoisotopic (exact) mass is 390 g/mol. The number of nitrogens with one attached hydrogen (secondary N) is 1. The Kier molecular flexibility index (Phi) is 5.42. The zero-order valence-electron chi connectivity index (χ0n) is 16.2. The maximum Gasteiger partial charge on any atom is 0.361 e. The van der Waals surface area contributed by atoms with Crippen molar-refractivity contribution in [2.45, 2.75) is 32.2 Å². The van der Waals surface area contributed by atoms with Gasteiger partial charge in [0.15, 0.2) is 12.3 Å². The molecule has 4 rings (SSSR count). The number of benzene rings is 2. The summed E-state index contributed by atoms with van der Waals surface area (Å²) in [4.78, 5) is 28.9. The van der Waals surface area contributed by atoms with Crippen LogP contribution in [0, 0.1) is 6.92 Å². The molecule has 0 spiro atoms. The molecule has 1 amide bonds. The van der Waals surface area contributed by atoms with Crippen LogP contribution in [0.5, 0.6) is 0 Å². The van der Waals surface area contributed by atoms with Crippen LogP contribution < -0.4 is 5.32 Å². The molecule has 0 aliphatic heterocycles. The second kappa shape index (κ2) is 8.31. The molecule has 2 aromatic carbocycles. The topological polar surface area (TPSA) is 81.4 Å².